The summed E-state index contributed by atoms with van der Waals surface area (Å²) in [6.45, 7) is 1.78. The number of amides is 1. The van der Waals surface area contributed by atoms with Crippen LogP contribution in [0, 0.1) is 34.5 Å². The van der Waals surface area contributed by atoms with Gasteiger partial charge < -0.3 is 20.7 Å². The molecule has 7 aliphatic rings. The average Bonchev–Trinajstić information content (AvgIpc) is 3.35. The third-order valence-corrected chi connectivity index (χ3v) is 7.98. The summed E-state index contributed by atoms with van der Waals surface area (Å²) in [4.78, 5) is 27.4. The first kappa shape index (κ1) is 18.1. The number of carbonyl (C=O) groups excluding carboxylic acids is 2. The highest BCUT2D eigenvalue weighted by Gasteiger charge is 2.65. The molecule has 0 aromatic carbocycles. The van der Waals surface area contributed by atoms with Crippen molar-refractivity contribution < 1.29 is 14.3 Å². The maximum absolute atomic E-state index is 13.4. The molecule has 0 aromatic rings. The van der Waals surface area contributed by atoms with Crippen molar-refractivity contribution >= 4 is 11.9 Å². The van der Waals surface area contributed by atoms with Gasteiger partial charge in [-0.05, 0) is 69.4 Å². The number of piperidine rings is 1. The fraction of sp³-hybridized carbons (Fsp3) is 0.762. The van der Waals surface area contributed by atoms with E-state index in [1.807, 2.05) is 0 Å². The Labute approximate surface area is 165 Å². The van der Waals surface area contributed by atoms with Crippen molar-refractivity contribution in [3.8, 4) is 6.07 Å². The van der Waals surface area contributed by atoms with Crippen LogP contribution in [-0.4, -0.2) is 48.0 Å². The summed E-state index contributed by atoms with van der Waals surface area (Å²) in [5, 5.41) is 12.4. The number of nitriles is 1. The quantitative estimate of drug-likeness (QED) is 0.686. The van der Waals surface area contributed by atoms with Crippen molar-refractivity contribution in [3.05, 3.63) is 11.3 Å². The second-order valence-electron chi connectivity index (χ2n) is 9.50. The molecule has 4 saturated carbocycles. The third kappa shape index (κ3) is 2.34. The van der Waals surface area contributed by atoms with E-state index in [9.17, 15) is 14.9 Å². The summed E-state index contributed by atoms with van der Waals surface area (Å²) >= 11 is 0. The number of esters is 1. The van der Waals surface area contributed by atoms with Crippen molar-refractivity contribution in [2.75, 3.05) is 7.05 Å². The minimum Gasteiger partial charge on any atom is -0.430 e. The Morgan fingerprint density at radius 2 is 2.14 bits per heavy atom. The number of likely N-dealkylation sites (N-methyl/N-ethyl adjacent to an activating group) is 1. The fourth-order valence-corrected chi connectivity index (χ4v) is 6.49. The van der Waals surface area contributed by atoms with E-state index in [4.69, 9.17) is 10.5 Å². The van der Waals surface area contributed by atoms with E-state index in [0.717, 1.165) is 49.9 Å². The van der Waals surface area contributed by atoms with Gasteiger partial charge in [-0.1, -0.05) is 0 Å². The number of rotatable bonds is 5. The Kier molecular flexibility index (Phi) is 3.91. The highest BCUT2D eigenvalue weighted by Crippen LogP contribution is 2.68. The number of ether oxygens (including phenoxy) is 1. The van der Waals surface area contributed by atoms with Crippen LogP contribution in [0.15, 0.2) is 11.3 Å². The van der Waals surface area contributed by atoms with Crippen LogP contribution in [0.3, 0.4) is 0 Å². The molecule has 1 aliphatic heterocycles. The molecule has 1 heterocycles. The monoisotopic (exact) mass is 384 g/mol. The predicted molar refractivity (Wildman–Crippen MR) is 100 cm³/mol. The van der Waals surface area contributed by atoms with Crippen LogP contribution >= 0.6 is 0 Å². The molecule has 7 rings (SSSR count). The number of likely N-dealkylation sites (tertiary alicyclic amines) is 1. The maximum Gasteiger partial charge on any atom is 0.327 e. The van der Waals surface area contributed by atoms with E-state index >= 15 is 0 Å². The van der Waals surface area contributed by atoms with Gasteiger partial charge in [0.15, 0.2) is 0 Å². The molecule has 1 amide bonds. The van der Waals surface area contributed by atoms with Gasteiger partial charge in [-0.25, -0.2) is 4.79 Å². The number of nitrogens with zero attached hydrogens (tertiary/aromatic N) is 2. The molecule has 0 spiro atoms. The van der Waals surface area contributed by atoms with Gasteiger partial charge in [-0.2, -0.15) is 5.26 Å². The Morgan fingerprint density at radius 3 is 2.82 bits per heavy atom. The van der Waals surface area contributed by atoms with Gasteiger partial charge in [0.1, 0.15) is 17.8 Å². The van der Waals surface area contributed by atoms with E-state index in [0.29, 0.717) is 17.8 Å². The largest absolute Gasteiger partial charge is 0.430 e. The van der Waals surface area contributed by atoms with Crippen molar-refractivity contribution in [3.63, 3.8) is 0 Å². The van der Waals surface area contributed by atoms with Gasteiger partial charge in [0.25, 0.3) is 0 Å². The molecule has 0 radical (unpaired) electrons. The predicted octanol–water partition coefficient (Wildman–Crippen LogP) is 1.05. The second kappa shape index (κ2) is 6.04. The topological polar surface area (TPSA) is 108 Å². The maximum atomic E-state index is 13.4. The molecule has 8 atom stereocenters. The van der Waals surface area contributed by atoms with E-state index in [1.165, 1.54) is 0 Å². The molecule has 4 bridgehead atoms. The number of hydrogen-bond acceptors (Lipinski definition) is 6. The SMILES string of the molecule is CN[C@@H](C)C(=O)OC1=C2C3CC(C1)CC2([C@H](N)C(=O)N1[C@H](C#N)C[C@@H]2C[C@@H]21)C3. The molecule has 3 unspecified atom stereocenters. The van der Waals surface area contributed by atoms with Crippen molar-refractivity contribution in [2.24, 2.45) is 28.9 Å². The van der Waals surface area contributed by atoms with Crippen LogP contribution in [-0.2, 0) is 14.3 Å². The third-order valence-electron chi connectivity index (χ3n) is 7.98. The summed E-state index contributed by atoms with van der Waals surface area (Å²) in [6, 6.07) is 1.14. The number of carbonyl (C=O) groups is 2. The Morgan fingerprint density at radius 1 is 1.36 bits per heavy atom. The molecule has 28 heavy (non-hydrogen) atoms. The first-order valence-corrected chi connectivity index (χ1v) is 10.5. The van der Waals surface area contributed by atoms with Gasteiger partial charge >= 0.3 is 5.97 Å². The lowest BCUT2D eigenvalue weighted by Crippen LogP contribution is -2.65. The molecule has 150 valence electrons. The first-order valence-electron chi connectivity index (χ1n) is 10.5. The van der Waals surface area contributed by atoms with Crippen LogP contribution in [0.2, 0.25) is 0 Å². The summed E-state index contributed by atoms with van der Waals surface area (Å²) in [5.41, 5.74) is 7.36. The van der Waals surface area contributed by atoms with Gasteiger partial charge in [0, 0.05) is 17.9 Å². The molecule has 7 heteroatoms. The van der Waals surface area contributed by atoms with E-state index in [2.05, 4.69) is 11.4 Å². The molecule has 0 aromatic heterocycles. The van der Waals surface area contributed by atoms with Gasteiger partial charge in [0.05, 0.1) is 12.1 Å². The lowest BCUT2D eigenvalue weighted by molar-refractivity contribution is -0.145. The summed E-state index contributed by atoms with van der Waals surface area (Å²) < 4.78 is 5.78. The lowest BCUT2D eigenvalue weighted by atomic mass is 9.42. The summed E-state index contributed by atoms with van der Waals surface area (Å²) in [7, 11) is 1.73. The van der Waals surface area contributed by atoms with Gasteiger partial charge in [0.2, 0.25) is 5.91 Å². The molecule has 1 saturated heterocycles. The first-order chi connectivity index (χ1) is 13.4. The molecular formula is C21H28N4O3. The minimum atomic E-state index is -0.646. The Hall–Kier alpha value is -1.91. The number of allylic oxidation sites excluding steroid dienone is 1. The lowest BCUT2D eigenvalue weighted by Gasteiger charge is -2.63. The molecular weight excluding hydrogens is 356 g/mol. The van der Waals surface area contributed by atoms with Crippen LogP contribution in [0.4, 0.5) is 0 Å². The molecule has 7 nitrogen and oxygen atoms in total. The zero-order chi connectivity index (χ0) is 19.8. The van der Waals surface area contributed by atoms with Crippen LogP contribution < -0.4 is 11.1 Å². The zero-order valence-electron chi connectivity index (χ0n) is 16.5. The van der Waals surface area contributed by atoms with Crippen molar-refractivity contribution in [1.82, 2.24) is 10.2 Å². The smallest absolute Gasteiger partial charge is 0.327 e. The van der Waals surface area contributed by atoms with E-state index in [1.54, 1.807) is 18.9 Å². The summed E-state index contributed by atoms with van der Waals surface area (Å²) in [6.07, 6.45) is 5.45. The van der Waals surface area contributed by atoms with E-state index < -0.39 is 6.04 Å². The zero-order valence-corrected chi connectivity index (χ0v) is 16.5. The minimum absolute atomic E-state index is 0.0793. The molecule has 6 aliphatic carbocycles. The second-order valence-corrected chi connectivity index (χ2v) is 9.50. The van der Waals surface area contributed by atoms with Crippen molar-refractivity contribution in [1.29, 1.82) is 5.26 Å². The highest BCUT2D eigenvalue weighted by atomic mass is 16.5. The fourth-order valence-electron chi connectivity index (χ4n) is 6.49. The van der Waals surface area contributed by atoms with Crippen LogP contribution in [0.5, 0.6) is 0 Å². The summed E-state index contributed by atoms with van der Waals surface area (Å²) in [5.74, 6) is 1.69. The van der Waals surface area contributed by atoms with Gasteiger partial charge in [-0.3, -0.25) is 4.79 Å². The van der Waals surface area contributed by atoms with Crippen molar-refractivity contribution in [2.45, 2.75) is 69.6 Å². The van der Waals surface area contributed by atoms with Crippen LogP contribution in [0.1, 0.15) is 45.4 Å². The number of nitrogens with one attached hydrogen (secondary N) is 1. The average molecular weight is 384 g/mol. The number of fused-ring (bicyclic) bond motifs is 2. The van der Waals surface area contributed by atoms with Crippen LogP contribution in [0.25, 0.3) is 0 Å². The normalized spacial score (nSPS) is 41.6. The number of hydrogen-bond donors (Lipinski definition) is 2. The Bertz CT molecular complexity index is 817. The van der Waals surface area contributed by atoms with Gasteiger partial charge in [-0.15, -0.1) is 0 Å². The Balaban J connectivity index is 1.42. The standard InChI is InChI=1S/C21H28N4O3/c1-10(24-2)20(27)28-16-4-11-3-13-8-21(7-11,17(13)16)18(23)19(26)25-14(9-22)5-12-6-15(12)25/h10-15,18,24H,3-8,23H2,1-2H3/t10-,11?,12+,13?,14-,15-,18+,21?/m0/s1. The molecule has 5 fully saturated rings. The number of nitrogens with two attached hydrogens (primary N) is 1. The van der Waals surface area contributed by atoms with E-state index in [-0.39, 0.29) is 35.4 Å². The highest BCUT2D eigenvalue weighted by molar-refractivity contribution is 5.86. The molecule has 3 N–H and O–H groups in total.